The molecule has 3 rings (SSSR count). The van der Waals surface area contributed by atoms with E-state index in [2.05, 4.69) is 4.58 Å². The van der Waals surface area contributed by atoms with E-state index >= 15 is 0 Å². The molecule has 0 aromatic heterocycles. The Bertz CT molecular complexity index is 760. The van der Waals surface area contributed by atoms with E-state index in [-0.39, 0.29) is 11.8 Å². The zero-order chi connectivity index (χ0) is 15.5. The summed E-state index contributed by atoms with van der Waals surface area (Å²) >= 11 is 0. The fourth-order valence-corrected chi connectivity index (χ4v) is 2.57. The molecule has 0 unspecified atom stereocenters. The van der Waals surface area contributed by atoms with Crippen molar-refractivity contribution >= 4 is 23.7 Å². The standard InChI is InChI=1S/C18H16NO3/c1-22-18(21)14-8-6-13(7-9-14)12-19-11-10-17(20)15-4-2-3-5-16(15)19/h2-9,11H,10,12H2,1H3/q+1. The van der Waals surface area contributed by atoms with Gasteiger partial charge in [0.1, 0.15) is 0 Å². The lowest BCUT2D eigenvalue weighted by Crippen LogP contribution is -2.18. The third-order valence-electron chi connectivity index (χ3n) is 3.74. The Balaban J connectivity index is 1.85. The van der Waals surface area contributed by atoms with Gasteiger partial charge in [0.2, 0.25) is 5.69 Å². The molecule has 1 heterocycles. The smallest absolute Gasteiger partial charge is 0.337 e. The number of methoxy groups -OCH3 is 1. The van der Waals surface area contributed by atoms with Crippen molar-refractivity contribution in [1.29, 1.82) is 0 Å². The zero-order valence-electron chi connectivity index (χ0n) is 12.3. The molecule has 0 saturated heterocycles. The predicted octanol–water partition coefficient (Wildman–Crippen LogP) is 2.97. The first-order valence-electron chi connectivity index (χ1n) is 7.08. The molecule has 0 saturated carbocycles. The van der Waals surface area contributed by atoms with E-state index < -0.39 is 0 Å². The Labute approximate surface area is 128 Å². The van der Waals surface area contributed by atoms with E-state index in [0.29, 0.717) is 18.5 Å². The number of carbonyl (C=O) groups is 2. The SMILES string of the molecule is COC(=O)c1ccc(C[N+]2=CCC(=O)c3ccccc32)cc1. The minimum Gasteiger partial charge on any atom is -0.465 e. The molecular formula is C18H16NO3+. The first-order chi connectivity index (χ1) is 10.7. The number of Topliss-reactive ketones (excluding diaryl/α,β-unsaturated/α-hetero) is 1. The molecule has 0 atom stereocenters. The van der Waals surface area contributed by atoms with E-state index in [9.17, 15) is 9.59 Å². The van der Waals surface area contributed by atoms with Crippen LogP contribution < -0.4 is 0 Å². The Morgan fingerprint density at radius 1 is 1.14 bits per heavy atom. The van der Waals surface area contributed by atoms with Gasteiger partial charge in [-0.1, -0.05) is 24.3 Å². The fraction of sp³-hybridized carbons (Fsp3) is 0.167. The van der Waals surface area contributed by atoms with Crippen molar-refractivity contribution in [3.8, 4) is 0 Å². The molecule has 2 aromatic carbocycles. The van der Waals surface area contributed by atoms with Crippen LogP contribution in [-0.4, -0.2) is 29.7 Å². The highest BCUT2D eigenvalue weighted by molar-refractivity contribution is 6.07. The first kappa shape index (κ1) is 14.2. The van der Waals surface area contributed by atoms with Crippen molar-refractivity contribution in [1.82, 2.24) is 0 Å². The molecule has 0 fully saturated rings. The number of ether oxygens (including phenoxy) is 1. The average Bonchev–Trinajstić information content (AvgIpc) is 2.57. The van der Waals surface area contributed by atoms with Gasteiger partial charge in [0.15, 0.2) is 18.5 Å². The monoisotopic (exact) mass is 294 g/mol. The van der Waals surface area contributed by atoms with Gasteiger partial charge in [-0.3, -0.25) is 4.79 Å². The lowest BCUT2D eigenvalue weighted by Gasteiger charge is -2.11. The first-order valence-corrected chi connectivity index (χ1v) is 7.08. The molecule has 0 spiro atoms. The highest BCUT2D eigenvalue weighted by Crippen LogP contribution is 2.24. The zero-order valence-corrected chi connectivity index (χ0v) is 12.3. The number of esters is 1. The second kappa shape index (κ2) is 5.93. The molecule has 1 aliphatic rings. The van der Waals surface area contributed by atoms with Crippen LogP contribution in [0, 0.1) is 0 Å². The molecule has 110 valence electrons. The van der Waals surface area contributed by atoms with Crippen LogP contribution in [0.3, 0.4) is 0 Å². The molecule has 2 aromatic rings. The molecule has 22 heavy (non-hydrogen) atoms. The highest BCUT2D eigenvalue weighted by atomic mass is 16.5. The maximum absolute atomic E-state index is 11.9. The third kappa shape index (κ3) is 2.68. The van der Waals surface area contributed by atoms with Crippen molar-refractivity contribution in [2.45, 2.75) is 13.0 Å². The molecular weight excluding hydrogens is 278 g/mol. The number of nitrogens with zero attached hydrogens (tertiary/aromatic N) is 1. The minimum absolute atomic E-state index is 0.146. The lowest BCUT2D eigenvalue weighted by atomic mass is 10.0. The number of carbonyl (C=O) groups excluding carboxylic acids is 2. The summed E-state index contributed by atoms with van der Waals surface area (Å²) in [6.45, 7) is 0.658. The number of hydrogen-bond acceptors (Lipinski definition) is 3. The Kier molecular flexibility index (Phi) is 3.83. The molecule has 0 aliphatic carbocycles. The van der Waals surface area contributed by atoms with Crippen molar-refractivity contribution < 1.29 is 18.9 Å². The summed E-state index contributed by atoms with van der Waals surface area (Å²) in [5.41, 5.74) is 3.28. The second-order valence-corrected chi connectivity index (χ2v) is 5.14. The number of para-hydroxylation sites is 1. The molecule has 0 amide bonds. The van der Waals surface area contributed by atoms with Crippen LogP contribution in [-0.2, 0) is 11.3 Å². The lowest BCUT2D eigenvalue weighted by molar-refractivity contribution is -0.455. The molecule has 0 bridgehead atoms. The van der Waals surface area contributed by atoms with Crippen molar-refractivity contribution in [3.05, 3.63) is 65.2 Å². The summed E-state index contributed by atoms with van der Waals surface area (Å²) < 4.78 is 6.76. The van der Waals surface area contributed by atoms with E-state index in [1.807, 2.05) is 42.6 Å². The summed E-state index contributed by atoms with van der Waals surface area (Å²) in [5.74, 6) is -0.195. The summed E-state index contributed by atoms with van der Waals surface area (Å²) in [4.78, 5) is 23.4. The van der Waals surface area contributed by atoms with Crippen LogP contribution in [0.4, 0.5) is 5.69 Å². The van der Waals surface area contributed by atoms with Gasteiger partial charge in [-0.15, -0.1) is 0 Å². The predicted molar refractivity (Wildman–Crippen MR) is 82.9 cm³/mol. The summed E-state index contributed by atoms with van der Waals surface area (Å²) in [6, 6.07) is 14.9. The van der Waals surface area contributed by atoms with Crippen LogP contribution in [0.1, 0.15) is 32.7 Å². The molecule has 4 nitrogen and oxygen atoms in total. The van der Waals surface area contributed by atoms with E-state index in [0.717, 1.165) is 16.8 Å². The average molecular weight is 294 g/mol. The Hall–Kier alpha value is -2.75. The Morgan fingerprint density at radius 3 is 2.59 bits per heavy atom. The van der Waals surface area contributed by atoms with Gasteiger partial charge in [0.05, 0.1) is 24.7 Å². The van der Waals surface area contributed by atoms with Gasteiger partial charge in [0, 0.05) is 11.6 Å². The maximum atomic E-state index is 11.9. The van der Waals surface area contributed by atoms with Crippen LogP contribution in [0.5, 0.6) is 0 Å². The third-order valence-corrected chi connectivity index (χ3v) is 3.74. The van der Waals surface area contributed by atoms with Gasteiger partial charge in [-0.05, 0) is 18.2 Å². The van der Waals surface area contributed by atoms with Crippen LogP contribution in [0.25, 0.3) is 0 Å². The largest absolute Gasteiger partial charge is 0.465 e. The van der Waals surface area contributed by atoms with E-state index in [1.54, 1.807) is 12.1 Å². The van der Waals surface area contributed by atoms with Gasteiger partial charge < -0.3 is 4.74 Å². The molecule has 0 radical (unpaired) electrons. The fourth-order valence-electron chi connectivity index (χ4n) is 2.57. The van der Waals surface area contributed by atoms with Crippen LogP contribution >= 0.6 is 0 Å². The summed E-state index contributed by atoms with van der Waals surface area (Å²) in [5, 5.41) is 0. The van der Waals surface area contributed by atoms with E-state index in [1.165, 1.54) is 7.11 Å². The van der Waals surface area contributed by atoms with E-state index in [4.69, 9.17) is 4.74 Å². The maximum Gasteiger partial charge on any atom is 0.337 e. The number of ketones is 1. The van der Waals surface area contributed by atoms with Gasteiger partial charge >= 0.3 is 5.97 Å². The second-order valence-electron chi connectivity index (χ2n) is 5.14. The van der Waals surface area contributed by atoms with Crippen molar-refractivity contribution in [3.63, 3.8) is 0 Å². The summed E-state index contributed by atoms with van der Waals surface area (Å²) in [6.07, 6.45) is 2.33. The molecule has 0 N–H and O–H groups in total. The van der Waals surface area contributed by atoms with Gasteiger partial charge in [-0.2, -0.15) is 4.58 Å². The number of hydrogen-bond donors (Lipinski definition) is 0. The normalized spacial score (nSPS) is 13.3. The van der Waals surface area contributed by atoms with Crippen LogP contribution in [0.2, 0.25) is 0 Å². The number of fused-ring (bicyclic) bond motifs is 1. The van der Waals surface area contributed by atoms with Crippen LogP contribution in [0.15, 0.2) is 48.5 Å². The van der Waals surface area contributed by atoms with Crippen molar-refractivity contribution in [2.75, 3.05) is 7.11 Å². The molecule has 1 aliphatic heterocycles. The quantitative estimate of drug-likeness (QED) is 0.646. The number of rotatable bonds is 3. The topological polar surface area (TPSA) is 46.4 Å². The van der Waals surface area contributed by atoms with Gasteiger partial charge in [0.25, 0.3) is 0 Å². The number of benzene rings is 2. The molecule has 4 heteroatoms. The summed E-state index contributed by atoms with van der Waals surface area (Å²) in [7, 11) is 1.37. The Morgan fingerprint density at radius 2 is 1.86 bits per heavy atom. The van der Waals surface area contributed by atoms with Gasteiger partial charge in [-0.25, -0.2) is 4.79 Å². The van der Waals surface area contributed by atoms with Crippen molar-refractivity contribution in [2.24, 2.45) is 0 Å². The minimum atomic E-state index is -0.341. The highest BCUT2D eigenvalue weighted by Gasteiger charge is 2.24.